The molecule has 6 heteroatoms. The molecule has 3 N–H and O–H groups in total. The molecule has 0 aliphatic rings. The lowest BCUT2D eigenvalue weighted by atomic mass is 10.1. The molecular formula is C21H27N3O3. The summed E-state index contributed by atoms with van der Waals surface area (Å²) >= 11 is 0. The molecule has 144 valence electrons. The van der Waals surface area contributed by atoms with Crippen LogP contribution in [0.1, 0.15) is 22.3 Å². The van der Waals surface area contributed by atoms with Gasteiger partial charge in [-0.05, 0) is 42.7 Å². The molecule has 2 amide bonds. The number of methoxy groups -OCH3 is 1. The summed E-state index contributed by atoms with van der Waals surface area (Å²) in [7, 11) is 1.64. The van der Waals surface area contributed by atoms with Gasteiger partial charge in [0.15, 0.2) is 0 Å². The zero-order chi connectivity index (χ0) is 19.3. The fraction of sp³-hybridized carbons (Fsp3) is 0.333. The van der Waals surface area contributed by atoms with Crippen LogP contribution in [0, 0.1) is 0 Å². The molecule has 27 heavy (non-hydrogen) atoms. The molecule has 0 atom stereocenters. The summed E-state index contributed by atoms with van der Waals surface area (Å²) < 4.78 is 4.95. The summed E-state index contributed by atoms with van der Waals surface area (Å²) in [5.41, 5.74) is 2.58. The Kier molecular flexibility index (Phi) is 8.86. The Morgan fingerprint density at radius 2 is 1.67 bits per heavy atom. The van der Waals surface area contributed by atoms with Crippen LogP contribution < -0.4 is 16.0 Å². The predicted molar refractivity (Wildman–Crippen MR) is 107 cm³/mol. The molecule has 0 spiro atoms. The van der Waals surface area contributed by atoms with Crippen molar-refractivity contribution in [1.29, 1.82) is 0 Å². The topological polar surface area (TPSA) is 79.5 Å². The summed E-state index contributed by atoms with van der Waals surface area (Å²) in [5.74, 6) is -0.179. The van der Waals surface area contributed by atoms with Crippen molar-refractivity contribution in [3.05, 3.63) is 65.7 Å². The summed E-state index contributed by atoms with van der Waals surface area (Å²) in [6.07, 6.45) is 1.59. The highest BCUT2D eigenvalue weighted by atomic mass is 16.5. The minimum Gasteiger partial charge on any atom is -0.385 e. The van der Waals surface area contributed by atoms with E-state index in [1.807, 2.05) is 30.3 Å². The average Bonchev–Trinajstić information content (AvgIpc) is 2.71. The molecule has 0 fully saturated rings. The minimum atomic E-state index is -0.115. The third-order valence-corrected chi connectivity index (χ3v) is 3.99. The molecule has 0 heterocycles. The van der Waals surface area contributed by atoms with E-state index in [9.17, 15) is 9.59 Å². The Bertz CT molecular complexity index is 702. The van der Waals surface area contributed by atoms with Crippen molar-refractivity contribution in [2.24, 2.45) is 0 Å². The van der Waals surface area contributed by atoms with Gasteiger partial charge in [-0.25, -0.2) is 0 Å². The molecule has 2 rings (SSSR count). The molecular weight excluding hydrogens is 342 g/mol. The van der Waals surface area contributed by atoms with Gasteiger partial charge in [0.05, 0.1) is 6.54 Å². The van der Waals surface area contributed by atoms with Crippen molar-refractivity contribution in [2.45, 2.75) is 12.8 Å². The van der Waals surface area contributed by atoms with Crippen molar-refractivity contribution in [1.82, 2.24) is 10.6 Å². The van der Waals surface area contributed by atoms with Crippen LogP contribution in [-0.2, 0) is 16.0 Å². The van der Waals surface area contributed by atoms with E-state index in [4.69, 9.17) is 4.74 Å². The van der Waals surface area contributed by atoms with Gasteiger partial charge in [0.1, 0.15) is 0 Å². The van der Waals surface area contributed by atoms with E-state index in [2.05, 4.69) is 16.0 Å². The van der Waals surface area contributed by atoms with Crippen molar-refractivity contribution < 1.29 is 14.3 Å². The third kappa shape index (κ3) is 7.92. The molecule has 0 aromatic heterocycles. The number of carbonyl (C=O) groups is 2. The van der Waals surface area contributed by atoms with Gasteiger partial charge in [0.25, 0.3) is 5.91 Å². The van der Waals surface area contributed by atoms with Crippen molar-refractivity contribution >= 4 is 17.5 Å². The number of benzene rings is 2. The summed E-state index contributed by atoms with van der Waals surface area (Å²) in [6.45, 7) is 2.00. The fourth-order valence-electron chi connectivity index (χ4n) is 2.50. The molecule has 0 aliphatic heterocycles. The predicted octanol–water partition coefficient (Wildman–Crippen LogP) is 2.22. The highest BCUT2D eigenvalue weighted by Gasteiger charge is 2.05. The number of amides is 2. The van der Waals surface area contributed by atoms with Crippen LogP contribution in [0.15, 0.2) is 54.6 Å². The quantitative estimate of drug-likeness (QED) is 0.531. The first-order valence-electron chi connectivity index (χ1n) is 9.10. The Morgan fingerprint density at radius 1 is 0.926 bits per heavy atom. The van der Waals surface area contributed by atoms with E-state index >= 15 is 0 Å². The first-order chi connectivity index (χ1) is 13.2. The lowest BCUT2D eigenvalue weighted by molar-refractivity contribution is -0.119. The monoisotopic (exact) mass is 369 g/mol. The first kappa shape index (κ1) is 20.5. The Hall–Kier alpha value is -2.86. The number of carbonyl (C=O) groups excluding carboxylic acids is 2. The molecule has 0 saturated carbocycles. The maximum atomic E-state index is 12.0. The molecule has 0 radical (unpaired) electrons. The second-order valence-corrected chi connectivity index (χ2v) is 6.12. The lowest BCUT2D eigenvalue weighted by Crippen LogP contribution is -2.31. The highest BCUT2D eigenvalue weighted by Crippen LogP contribution is 2.09. The van der Waals surface area contributed by atoms with Crippen molar-refractivity contribution in [3.63, 3.8) is 0 Å². The summed E-state index contributed by atoms with van der Waals surface area (Å²) in [4.78, 5) is 23.9. The van der Waals surface area contributed by atoms with E-state index in [-0.39, 0.29) is 18.4 Å². The normalized spacial score (nSPS) is 10.3. The number of ether oxygens (including phenoxy) is 1. The molecule has 6 nitrogen and oxygen atoms in total. The minimum absolute atomic E-state index is 0.0640. The van der Waals surface area contributed by atoms with Crippen LogP contribution >= 0.6 is 0 Å². The maximum Gasteiger partial charge on any atom is 0.251 e. The molecule has 0 saturated heterocycles. The van der Waals surface area contributed by atoms with E-state index in [1.54, 1.807) is 31.4 Å². The first-order valence-corrected chi connectivity index (χ1v) is 9.10. The molecule has 2 aromatic rings. The number of rotatable bonds is 11. The average molecular weight is 369 g/mol. The maximum absolute atomic E-state index is 12.0. The second-order valence-electron chi connectivity index (χ2n) is 6.12. The van der Waals surface area contributed by atoms with Crippen LogP contribution in [-0.4, -0.2) is 45.2 Å². The Labute approximate surface area is 160 Å². The standard InChI is InChI=1S/C21H27N3O3/c1-27-15-5-13-23-21(26)18-8-10-19(11-9-18)24-16-20(25)22-14-12-17-6-3-2-4-7-17/h2-4,6-11,24H,5,12-16H2,1H3,(H,22,25)(H,23,26). The second kappa shape index (κ2) is 11.7. The molecule has 0 aliphatic carbocycles. The third-order valence-electron chi connectivity index (χ3n) is 3.99. The zero-order valence-corrected chi connectivity index (χ0v) is 15.7. The van der Waals surface area contributed by atoms with Crippen LogP contribution in [0.2, 0.25) is 0 Å². The van der Waals surface area contributed by atoms with Crippen LogP contribution in [0.25, 0.3) is 0 Å². The van der Waals surface area contributed by atoms with Gasteiger partial charge >= 0.3 is 0 Å². The summed E-state index contributed by atoms with van der Waals surface area (Å²) in [6, 6.07) is 17.1. The number of anilines is 1. The van der Waals surface area contributed by atoms with Gasteiger partial charge in [-0.3, -0.25) is 9.59 Å². The number of nitrogens with one attached hydrogen (secondary N) is 3. The molecule has 0 unspecified atom stereocenters. The van der Waals surface area contributed by atoms with E-state index in [0.717, 1.165) is 18.5 Å². The summed E-state index contributed by atoms with van der Waals surface area (Å²) in [5, 5.41) is 8.78. The van der Waals surface area contributed by atoms with Gasteiger partial charge in [-0.1, -0.05) is 30.3 Å². The van der Waals surface area contributed by atoms with E-state index in [1.165, 1.54) is 5.56 Å². The fourth-order valence-corrected chi connectivity index (χ4v) is 2.50. The van der Waals surface area contributed by atoms with Crippen molar-refractivity contribution in [2.75, 3.05) is 38.7 Å². The van der Waals surface area contributed by atoms with Gasteiger partial charge < -0.3 is 20.7 Å². The lowest BCUT2D eigenvalue weighted by Gasteiger charge is -2.09. The van der Waals surface area contributed by atoms with Crippen molar-refractivity contribution in [3.8, 4) is 0 Å². The SMILES string of the molecule is COCCCNC(=O)c1ccc(NCC(=O)NCCc2ccccc2)cc1. The largest absolute Gasteiger partial charge is 0.385 e. The van der Waals surface area contributed by atoms with E-state index < -0.39 is 0 Å². The Balaban J connectivity index is 1.66. The van der Waals surface area contributed by atoms with Gasteiger partial charge in [-0.15, -0.1) is 0 Å². The molecule has 2 aromatic carbocycles. The highest BCUT2D eigenvalue weighted by molar-refractivity contribution is 5.94. The number of hydrogen-bond acceptors (Lipinski definition) is 4. The van der Waals surface area contributed by atoms with Crippen LogP contribution in [0.4, 0.5) is 5.69 Å². The van der Waals surface area contributed by atoms with Crippen LogP contribution in [0.3, 0.4) is 0 Å². The van der Waals surface area contributed by atoms with Gasteiger partial charge in [0, 0.05) is 38.1 Å². The smallest absolute Gasteiger partial charge is 0.251 e. The van der Waals surface area contributed by atoms with Gasteiger partial charge in [-0.2, -0.15) is 0 Å². The van der Waals surface area contributed by atoms with Gasteiger partial charge in [0.2, 0.25) is 5.91 Å². The van der Waals surface area contributed by atoms with Crippen LogP contribution in [0.5, 0.6) is 0 Å². The Morgan fingerprint density at radius 3 is 2.37 bits per heavy atom. The zero-order valence-electron chi connectivity index (χ0n) is 15.7. The number of hydrogen-bond donors (Lipinski definition) is 3. The molecule has 0 bridgehead atoms. The van der Waals surface area contributed by atoms with E-state index in [0.29, 0.717) is 25.3 Å².